The summed E-state index contributed by atoms with van der Waals surface area (Å²) in [6.07, 6.45) is 0. The Kier molecular flexibility index (Phi) is 3.45. The number of carboxylic acids is 1. The van der Waals surface area contributed by atoms with Gasteiger partial charge in [0.1, 0.15) is 13.1 Å². The second-order valence-corrected chi connectivity index (χ2v) is 3.30. The summed E-state index contributed by atoms with van der Waals surface area (Å²) in [5.41, 5.74) is 0.362. The van der Waals surface area contributed by atoms with E-state index in [1.54, 1.807) is 14.1 Å². The quantitative estimate of drug-likeness (QED) is 0.409. The summed E-state index contributed by atoms with van der Waals surface area (Å²) in [4.78, 5) is 13.4. The summed E-state index contributed by atoms with van der Waals surface area (Å²) >= 11 is 0. The Labute approximate surface area is 72.1 Å². The maximum Gasteiger partial charge on any atom is 0.211 e. The van der Waals surface area contributed by atoms with Crippen molar-refractivity contribution >= 4 is 5.97 Å². The predicted octanol–water partition coefficient (Wildman–Crippen LogP) is -0.754. The van der Waals surface area contributed by atoms with Gasteiger partial charge in [-0.15, -0.1) is 0 Å². The van der Waals surface area contributed by atoms with Crippen LogP contribution in [0.5, 0.6) is 0 Å². The van der Waals surface area contributed by atoms with E-state index in [0.717, 1.165) is 0 Å². The van der Waals surface area contributed by atoms with Gasteiger partial charge in [0.25, 0.3) is 0 Å². The first-order valence-electron chi connectivity index (χ1n) is 3.44. The van der Waals surface area contributed by atoms with E-state index in [-0.39, 0.29) is 11.0 Å². The van der Waals surface area contributed by atoms with Crippen LogP contribution in [0.4, 0.5) is 0 Å². The minimum Gasteiger partial charge on any atom is -0.544 e. The Morgan fingerprint density at radius 2 is 2.08 bits per heavy atom. The van der Waals surface area contributed by atoms with Gasteiger partial charge in [-0.25, -0.2) is 4.85 Å². The van der Waals surface area contributed by atoms with Gasteiger partial charge < -0.3 is 14.4 Å². The fraction of sp³-hybridized carbons (Fsp3) is 0.500. The Morgan fingerprint density at radius 3 is 2.42 bits per heavy atom. The number of quaternary nitrogens is 1. The fourth-order valence-electron chi connectivity index (χ4n) is 0.935. The Balaban J connectivity index is 4.14. The highest BCUT2D eigenvalue weighted by atomic mass is 16.4. The molecule has 12 heavy (non-hydrogen) atoms. The molecule has 0 fully saturated rings. The third-order valence-corrected chi connectivity index (χ3v) is 1.33. The SMILES string of the molecule is [C-]#[N+]C(=C)C[N+](C)(C)CC(=O)[O-]. The standard InChI is InChI=1S/C8H12N2O2/c1-7(9-2)5-10(3,4)6-8(11)12/h1,5-6H2,3-4H3. The first-order valence-corrected chi connectivity index (χ1v) is 3.44. The number of hydrogen-bond acceptors (Lipinski definition) is 2. The number of nitrogens with zero attached hydrogens (tertiary/aromatic N) is 2. The van der Waals surface area contributed by atoms with E-state index < -0.39 is 5.97 Å². The number of carbonyl (C=O) groups is 1. The number of hydrogen-bond donors (Lipinski definition) is 0. The van der Waals surface area contributed by atoms with Crippen LogP contribution in [-0.4, -0.2) is 37.6 Å². The normalized spacial score (nSPS) is 10.4. The van der Waals surface area contributed by atoms with Crippen LogP contribution in [0.1, 0.15) is 0 Å². The van der Waals surface area contributed by atoms with Crippen molar-refractivity contribution in [2.75, 3.05) is 27.2 Å². The van der Waals surface area contributed by atoms with Crippen LogP contribution >= 0.6 is 0 Å². The summed E-state index contributed by atoms with van der Waals surface area (Å²) in [6, 6.07) is 0. The van der Waals surface area contributed by atoms with Crippen LogP contribution in [-0.2, 0) is 4.79 Å². The summed E-state index contributed by atoms with van der Waals surface area (Å²) < 4.78 is 0.198. The Morgan fingerprint density at radius 1 is 1.58 bits per heavy atom. The third kappa shape index (κ3) is 4.47. The molecule has 0 amide bonds. The molecule has 0 saturated carbocycles. The highest BCUT2D eigenvalue weighted by Gasteiger charge is 2.16. The lowest BCUT2D eigenvalue weighted by Gasteiger charge is -2.29. The van der Waals surface area contributed by atoms with Crippen molar-refractivity contribution < 1.29 is 14.4 Å². The molecule has 0 radical (unpaired) electrons. The van der Waals surface area contributed by atoms with Crippen LogP contribution in [0.25, 0.3) is 4.85 Å². The van der Waals surface area contributed by atoms with Gasteiger partial charge in [0.15, 0.2) is 0 Å². The molecule has 0 rings (SSSR count). The molecule has 0 aromatic heterocycles. The second-order valence-electron chi connectivity index (χ2n) is 3.30. The van der Waals surface area contributed by atoms with E-state index in [2.05, 4.69) is 11.4 Å². The summed E-state index contributed by atoms with van der Waals surface area (Å²) in [7, 11) is 3.43. The molecule has 0 saturated heterocycles. The molecule has 0 aromatic rings. The van der Waals surface area contributed by atoms with Crippen molar-refractivity contribution in [3.05, 3.63) is 23.7 Å². The van der Waals surface area contributed by atoms with Crippen molar-refractivity contribution in [1.29, 1.82) is 0 Å². The zero-order valence-electron chi connectivity index (χ0n) is 7.33. The van der Waals surface area contributed by atoms with E-state index >= 15 is 0 Å². The average molecular weight is 168 g/mol. The molecule has 0 atom stereocenters. The van der Waals surface area contributed by atoms with Gasteiger partial charge >= 0.3 is 0 Å². The van der Waals surface area contributed by atoms with E-state index in [1.165, 1.54) is 0 Å². The molecule has 0 aliphatic rings. The maximum absolute atomic E-state index is 10.3. The highest BCUT2D eigenvalue weighted by molar-refractivity contribution is 5.65. The van der Waals surface area contributed by atoms with Crippen LogP contribution in [0, 0.1) is 6.57 Å². The monoisotopic (exact) mass is 168 g/mol. The summed E-state index contributed by atoms with van der Waals surface area (Å²) in [6.45, 7) is 10.3. The van der Waals surface area contributed by atoms with E-state index in [1.807, 2.05) is 0 Å². The maximum atomic E-state index is 10.3. The van der Waals surface area contributed by atoms with Crippen LogP contribution in [0.2, 0.25) is 0 Å². The molecule has 0 N–H and O–H groups in total. The third-order valence-electron chi connectivity index (χ3n) is 1.33. The zero-order chi connectivity index (χ0) is 9.78. The molecule has 0 spiro atoms. The van der Waals surface area contributed by atoms with Crippen molar-refractivity contribution in [1.82, 2.24) is 0 Å². The van der Waals surface area contributed by atoms with Gasteiger partial charge in [0, 0.05) is 0 Å². The number of aliphatic carboxylic acids is 1. The van der Waals surface area contributed by atoms with Gasteiger partial charge in [0.2, 0.25) is 5.70 Å². The highest BCUT2D eigenvalue weighted by Crippen LogP contribution is 2.02. The van der Waals surface area contributed by atoms with Crippen molar-refractivity contribution in [3.8, 4) is 0 Å². The van der Waals surface area contributed by atoms with Crippen molar-refractivity contribution in [3.63, 3.8) is 0 Å². The van der Waals surface area contributed by atoms with Gasteiger partial charge in [0.05, 0.1) is 26.6 Å². The average Bonchev–Trinajstić information content (AvgIpc) is 1.83. The molecule has 66 valence electrons. The van der Waals surface area contributed by atoms with Gasteiger partial charge in [-0.3, -0.25) is 0 Å². The molecular weight excluding hydrogens is 156 g/mol. The van der Waals surface area contributed by atoms with E-state index in [4.69, 9.17) is 6.57 Å². The predicted molar refractivity (Wildman–Crippen MR) is 42.6 cm³/mol. The van der Waals surface area contributed by atoms with Crippen molar-refractivity contribution in [2.24, 2.45) is 0 Å². The molecule has 0 aliphatic heterocycles. The fourth-order valence-corrected chi connectivity index (χ4v) is 0.935. The summed E-state index contributed by atoms with van der Waals surface area (Å²) in [5.74, 6) is -1.11. The first kappa shape index (κ1) is 10.7. The molecular formula is C8H12N2O2. The topological polar surface area (TPSA) is 44.5 Å². The molecule has 0 heterocycles. The Bertz CT molecular complexity index is 238. The molecule has 0 aliphatic carbocycles. The molecule has 4 heteroatoms. The van der Waals surface area contributed by atoms with Crippen LogP contribution < -0.4 is 5.11 Å². The van der Waals surface area contributed by atoms with Gasteiger partial charge in [-0.2, -0.15) is 0 Å². The van der Waals surface area contributed by atoms with Gasteiger partial charge in [-0.1, -0.05) is 6.58 Å². The minimum absolute atomic E-state index is 0.103. The smallest absolute Gasteiger partial charge is 0.211 e. The number of likely N-dealkylation sites (N-methyl/N-ethyl adjacent to an activating group) is 1. The van der Waals surface area contributed by atoms with E-state index in [0.29, 0.717) is 12.2 Å². The lowest BCUT2D eigenvalue weighted by atomic mass is 10.4. The summed E-state index contributed by atoms with van der Waals surface area (Å²) in [5, 5.41) is 10.3. The minimum atomic E-state index is -1.11. The van der Waals surface area contributed by atoms with E-state index in [9.17, 15) is 9.90 Å². The van der Waals surface area contributed by atoms with Crippen molar-refractivity contribution in [2.45, 2.75) is 0 Å². The lowest BCUT2D eigenvalue weighted by Crippen LogP contribution is -2.48. The molecule has 4 nitrogen and oxygen atoms in total. The number of carboxylic acid groups (broad SMARTS) is 1. The Hall–Kier alpha value is -1.34. The lowest BCUT2D eigenvalue weighted by molar-refractivity contribution is -0.879. The van der Waals surface area contributed by atoms with Crippen LogP contribution in [0.3, 0.4) is 0 Å². The number of carbonyl (C=O) groups excluding carboxylic acids is 1. The largest absolute Gasteiger partial charge is 0.544 e. The van der Waals surface area contributed by atoms with Crippen LogP contribution in [0.15, 0.2) is 12.3 Å². The molecule has 0 aromatic carbocycles. The van der Waals surface area contributed by atoms with Gasteiger partial charge in [-0.05, 0) is 0 Å². The zero-order valence-corrected chi connectivity index (χ0v) is 7.33. The first-order chi connectivity index (χ1) is 5.37. The number of rotatable bonds is 4. The molecule has 0 bridgehead atoms. The molecule has 0 unspecified atom stereocenters. The second kappa shape index (κ2) is 3.88.